The third kappa shape index (κ3) is 3.13. The predicted octanol–water partition coefficient (Wildman–Crippen LogP) is 3.46. The Morgan fingerprint density at radius 2 is 1.89 bits per heavy atom. The minimum absolute atomic E-state index is 0.109. The van der Waals surface area contributed by atoms with Crippen molar-refractivity contribution in [2.24, 2.45) is 0 Å². The summed E-state index contributed by atoms with van der Waals surface area (Å²) in [6.45, 7) is 0.230. The van der Waals surface area contributed by atoms with Crippen LogP contribution in [0.3, 0.4) is 0 Å². The molecule has 0 aliphatic rings. The third-order valence-corrected chi connectivity index (χ3v) is 2.91. The van der Waals surface area contributed by atoms with E-state index in [0.29, 0.717) is 28.0 Å². The van der Waals surface area contributed by atoms with Gasteiger partial charge < -0.3 is 9.84 Å². The van der Waals surface area contributed by atoms with Crippen molar-refractivity contribution in [1.29, 1.82) is 0 Å². The number of ether oxygens (including phenoxy) is 1. The zero-order valence-corrected chi connectivity index (χ0v) is 10.9. The van der Waals surface area contributed by atoms with Crippen molar-refractivity contribution in [3.05, 3.63) is 57.8 Å². The highest BCUT2D eigenvalue weighted by Gasteiger charge is 2.09. The van der Waals surface area contributed by atoms with Gasteiger partial charge in [0.25, 0.3) is 0 Å². The first-order valence-corrected chi connectivity index (χ1v) is 6.07. The van der Waals surface area contributed by atoms with Crippen molar-refractivity contribution in [3.8, 4) is 5.75 Å². The van der Waals surface area contributed by atoms with Crippen LogP contribution in [0.2, 0.25) is 10.0 Å². The van der Waals surface area contributed by atoms with Crippen LogP contribution in [0.15, 0.2) is 36.7 Å². The second-order valence-electron chi connectivity index (χ2n) is 3.70. The van der Waals surface area contributed by atoms with Crippen LogP contribution in [0.4, 0.5) is 0 Å². The lowest BCUT2D eigenvalue weighted by Crippen LogP contribution is -1.98. The molecule has 1 heterocycles. The number of rotatable bonds is 4. The molecule has 0 fully saturated rings. The van der Waals surface area contributed by atoms with E-state index in [2.05, 4.69) is 4.98 Å². The average molecular weight is 284 g/mol. The van der Waals surface area contributed by atoms with Gasteiger partial charge in [0.2, 0.25) is 0 Å². The van der Waals surface area contributed by atoms with Gasteiger partial charge in [0.05, 0.1) is 16.7 Å². The molecule has 1 aromatic heterocycles. The van der Waals surface area contributed by atoms with E-state index >= 15 is 0 Å². The molecule has 0 amide bonds. The van der Waals surface area contributed by atoms with Crippen molar-refractivity contribution in [3.63, 3.8) is 0 Å². The smallest absolute Gasteiger partial charge is 0.156 e. The normalized spacial score (nSPS) is 10.4. The van der Waals surface area contributed by atoms with Crippen LogP contribution in [-0.2, 0) is 13.2 Å². The van der Waals surface area contributed by atoms with E-state index in [0.717, 1.165) is 5.56 Å². The molecule has 0 radical (unpaired) electrons. The van der Waals surface area contributed by atoms with Gasteiger partial charge in [0.1, 0.15) is 6.61 Å². The molecule has 18 heavy (non-hydrogen) atoms. The van der Waals surface area contributed by atoms with E-state index in [-0.39, 0.29) is 6.61 Å². The molecular formula is C13H11Cl2NO2. The fraction of sp³-hybridized carbons (Fsp3) is 0.154. The van der Waals surface area contributed by atoms with E-state index in [1.54, 1.807) is 24.5 Å². The van der Waals surface area contributed by atoms with E-state index in [1.807, 2.05) is 12.1 Å². The van der Waals surface area contributed by atoms with Gasteiger partial charge in [-0.05, 0) is 23.8 Å². The summed E-state index contributed by atoms with van der Waals surface area (Å²) >= 11 is 12.1. The summed E-state index contributed by atoms with van der Waals surface area (Å²) in [5, 5.41) is 9.79. The topological polar surface area (TPSA) is 42.4 Å². The second kappa shape index (κ2) is 6.05. The molecule has 0 bridgehead atoms. The Morgan fingerprint density at radius 3 is 2.44 bits per heavy atom. The van der Waals surface area contributed by atoms with Crippen LogP contribution in [0.5, 0.6) is 5.75 Å². The molecule has 1 N–H and O–H groups in total. The van der Waals surface area contributed by atoms with Gasteiger partial charge in [-0.2, -0.15) is 0 Å². The van der Waals surface area contributed by atoms with Crippen LogP contribution in [0.1, 0.15) is 11.1 Å². The highest BCUT2D eigenvalue weighted by molar-refractivity contribution is 6.37. The summed E-state index contributed by atoms with van der Waals surface area (Å²) in [6, 6.07) is 6.99. The molecular weight excluding hydrogens is 273 g/mol. The minimum atomic E-state index is -0.109. The molecule has 94 valence electrons. The van der Waals surface area contributed by atoms with E-state index < -0.39 is 0 Å². The summed E-state index contributed by atoms with van der Waals surface area (Å²) in [4.78, 5) is 3.99. The Hall–Kier alpha value is -1.29. The molecule has 0 atom stereocenters. The quantitative estimate of drug-likeness (QED) is 0.934. The summed E-state index contributed by atoms with van der Waals surface area (Å²) in [5.41, 5.74) is 1.58. The van der Waals surface area contributed by atoms with Gasteiger partial charge in [-0.3, -0.25) is 4.98 Å². The van der Waals surface area contributed by atoms with Crippen molar-refractivity contribution in [2.45, 2.75) is 13.2 Å². The molecule has 0 saturated carbocycles. The maximum absolute atomic E-state index is 9.02. The van der Waals surface area contributed by atoms with Crippen LogP contribution in [-0.4, -0.2) is 10.1 Å². The third-order valence-electron chi connectivity index (χ3n) is 2.35. The second-order valence-corrected chi connectivity index (χ2v) is 4.51. The van der Waals surface area contributed by atoms with Crippen LogP contribution in [0, 0.1) is 0 Å². The molecule has 3 nitrogen and oxygen atoms in total. The van der Waals surface area contributed by atoms with Crippen LogP contribution in [0.25, 0.3) is 0 Å². The van der Waals surface area contributed by atoms with Crippen molar-refractivity contribution in [2.75, 3.05) is 0 Å². The lowest BCUT2D eigenvalue weighted by atomic mass is 10.2. The Labute approximate surface area is 115 Å². The number of benzene rings is 1. The number of halogens is 2. The summed E-state index contributed by atoms with van der Waals surface area (Å²) < 4.78 is 5.57. The molecule has 2 rings (SSSR count). The number of nitrogens with zero attached hydrogens (tertiary/aromatic N) is 1. The molecule has 2 aromatic rings. The average Bonchev–Trinajstić information content (AvgIpc) is 2.38. The van der Waals surface area contributed by atoms with Gasteiger partial charge in [0, 0.05) is 18.0 Å². The lowest BCUT2D eigenvalue weighted by Gasteiger charge is -2.11. The maximum Gasteiger partial charge on any atom is 0.156 e. The number of hydrogen-bond donors (Lipinski definition) is 1. The van der Waals surface area contributed by atoms with Gasteiger partial charge in [-0.25, -0.2) is 0 Å². The largest absolute Gasteiger partial charge is 0.486 e. The number of aromatic nitrogens is 1. The van der Waals surface area contributed by atoms with Crippen LogP contribution < -0.4 is 4.74 Å². The van der Waals surface area contributed by atoms with Gasteiger partial charge in [-0.15, -0.1) is 0 Å². The Morgan fingerprint density at radius 1 is 1.17 bits per heavy atom. The number of aliphatic hydroxyl groups is 1. The monoisotopic (exact) mass is 283 g/mol. The SMILES string of the molecule is OCc1cc(Cl)c(OCc2cccnc2)c(Cl)c1. The standard InChI is InChI=1S/C13H11Cl2NO2/c14-11-4-10(7-17)5-12(15)13(11)18-8-9-2-1-3-16-6-9/h1-6,17H,7-8H2. The number of pyridine rings is 1. The first-order chi connectivity index (χ1) is 8.70. The predicted molar refractivity (Wildman–Crippen MR) is 71.0 cm³/mol. The molecule has 5 heteroatoms. The first kappa shape index (κ1) is 13.1. The minimum Gasteiger partial charge on any atom is -0.486 e. The fourth-order valence-corrected chi connectivity index (χ4v) is 2.12. The van der Waals surface area contributed by atoms with Gasteiger partial charge in [-0.1, -0.05) is 29.3 Å². The van der Waals surface area contributed by atoms with Crippen LogP contribution >= 0.6 is 23.2 Å². The lowest BCUT2D eigenvalue weighted by molar-refractivity contribution is 0.281. The van der Waals surface area contributed by atoms with Crippen molar-refractivity contribution < 1.29 is 9.84 Å². The molecule has 1 aromatic carbocycles. The van der Waals surface area contributed by atoms with Crippen molar-refractivity contribution in [1.82, 2.24) is 4.98 Å². The summed E-state index contributed by atoms with van der Waals surface area (Å²) in [5.74, 6) is 0.416. The highest BCUT2D eigenvalue weighted by Crippen LogP contribution is 2.34. The van der Waals surface area contributed by atoms with Gasteiger partial charge >= 0.3 is 0 Å². The van der Waals surface area contributed by atoms with Gasteiger partial charge in [0.15, 0.2) is 5.75 Å². The summed E-state index contributed by atoms with van der Waals surface area (Å²) in [6.07, 6.45) is 3.41. The highest BCUT2D eigenvalue weighted by atomic mass is 35.5. The van der Waals surface area contributed by atoms with E-state index in [1.165, 1.54) is 0 Å². The zero-order valence-electron chi connectivity index (χ0n) is 9.44. The molecule has 0 saturated heterocycles. The maximum atomic E-state index is 9.02. The Kier molecular flexibility index (Phi) is 4.42. The Balaban J connectivity index is 2.15. The fourth-order valence-electron chi connectivity index (χ4n) is 1.48. The molecule has 0 spiro atoms. The Bertz CT molecular complexity index is 509. The number of aliphatic hydroxyl groups excluding tert-OH is 1. The summed E-state index contributed by atoms with van der Waals surface area (Å²) in [7, 11) is 0. The molecule has 0 unspecified atom stereocenters. The zero-order chi connectivity index (χ0) is 13.0. The first-order valence-electron chi connectivity index (χ1n) is 5.31. The van der Waals surface area contributed by atoms with E-state index in [4.69, 9.17) is 33.0 Å². The molecule has 0 aliphatic heterocycles. The van der Waals surface area contributed by atoms with Crippen molar-refractivity contribution >= 4 is 23.2 Å². The van der Waals surface area contributed by atoms with E-state index in [9.17, 15) is 0 Å². The molecule has 0 aliphatic carbocycles. The number of hydrogen-bond acceptors (Lipinski definition) is 3.